The van der Waals surface area contributed by atoms with Crippen LogP contribution in [0, 0.1) is 0 Å². The van der Waals surface area contributed by atoms with Gasteiger partial charge in [-0.25, -0.2) is 13.1 Å². The van der Waals surface area contributed by atoms with Crippen molar-refractivity contribution in [3.05, 3.63) is 29.8 Å². The summed E-state index contributed by atoms with van der Waals surface area (Å²) in [4.78, 5) is 0.325. The van der Waals surface area contributed by atoms with Gasteiger partial charge in [-0.3, -0.25) is 0 Å². The molecule has 1 aromatic carbocycles. The molecular weight excluding hydrogens is 272 g/mol. The van der Waals surface area contributed by atoms with Crippen LogP contribution in [0.25, 0.3) is 0 Å². The van der Waals surface area contributed by atoms with Crippen LogP contribution in [-0.2, 0) is 16.4 Å². The zero-order chi connectivity index (χ0) is 15.2. The molecule has 1 atom stereocenters. The maximum Gasteiger partial charge on any atom is 0.240 e. The molecular formula is C15H26N2O2S. The molecule has 0 saturated carbocycles. The maximum absolute atomic E-state index is 12.0. The Morgan fingerprint density at radius 3 is 2.20 bits per heavy atom. The highest BCUT2D eigenvalue weighted by Gasteiger charge is 2.15. The maximum atomic E-state index is 12.0. The SMILES string of the molecule is CCCC(Cc1ccc(S(=O)(=O)NC(C)C)cc1)NC. The molecule has 0 heterocycles. The van der Waals surface area contributed by atoms with Gasteiger partial charge in [0.25, 0.3) is 0 Å². The highest BCUT2D eigenvalue weighted by molar-refractivity contribution is 7.89. The van der Waals surface area contributed by atoms with Gasteiger partial charge >= 0.3 is 0 Å². The lowest BCUT2D eigenvalue weighted by molar-refractivity contribution is 0.513. The van der Waals surface area contributed by atoms with Crippen molar-refractivity contribution in [2.24, 2.45) is 0 Å². The van der Waals surface area contributed by atoms with Gasteiger partial charge in [0.2, 0.25) is 10.0 Å². The molecule has 0 radical (unpaired) electrons. The first-order valence-corrected chi connectivity index (χ1v) is 8.66. The molecule has 0 bridgehead atoms. The van der Waals surface area contributed by atoms with E-state index in [-0.39, 0.29) is 6.04 Å². The third kappa shape index (κ3) is 5.23. The van der Waals surface area contributed by atoms with Crippen LogP contribution in [0.4, 0.5) is 0 Å². The van der Waals surface area contributed by atoms with Crippen LogP contribution >= 0.6 is 0 Å². The molecule has 2 N–H and O–H groups in total. The van der Waals surface area contributed by atoms with Crippen molar-refractivity contribution in [3.8, 4) is 0 Å². The van der Waals surface area contributed by atoms with Crippen LogP contribution in [0.5, 0.6) is 0 Å². The summed E-state index contributed by atoms with van der Waals surface area (Å²) in [5, 5.41) is 3.29. The molecule has 114 valence electrons. The Morgan fingerprint density at radius 1 is 1.15 bits per heavy atom. The van der Waals surface area contributed by atoms with E-state index in [2.05, 4.69) is 17.0 Å². The molecule has 1 unspecified atom stereocenters. The van der Waals surface area contributed by atoms with Gasteiger partial charge in [0.1, 0.15) is 0 Å². The summed E-state index contributed by atoms with van der Waals surface area (Å²) >= 11 is 0. The van der Waals surface area contributed by atoms with Crippen LogP contribution in [0.2, 0.25) is 0 Å². The molecule has 4 nitrogen and oxygen atoms in total. The topological polar surface area (TPSA) is 58.2 Å². The zero-order valence-corrected chi connectivity index (χ0v) is 13.6. The summed E-state index contributed by atoms with van der Waals surface area (Å²) in [7, 11) is -1.42. The van der Waals surface area contributed by atoms with Gasteiger partial charge in [-0.1, -0.05) is 25.5 Å². The molecule has 0 aromatic heterocycles. The lowest BCUT2D eigenvalue weighted by Crippen LogP contribution is -2.30. The molecule has 0 aliphatic heterocycles. The van der Waals surface area contributed by atoms with Crippen molar-refractivity contribution in [3.63, 3.8) is 0 Å². The molecule has 0 aliphatic carbocycles. The first kappa shape index (κ1) is 17.1. The number of rotatable bonds is 8. The number of nitrogens with one attached hydrogen (secondary N) is 2. The Labute approximate surface area is 123 Å². The summed E-state index contributed by atoms with van der Waals surface area (Å²) in [5.41, 5.74) is 1.15. The largest absolute Gasteiger partial charge is 0.317 e. The first-order valence-electron chi connectivity index (χ1n) is 7.17. The van der Waals surface area contributed by atoms with Crippen molar-refractivity contribution in [1.29, 1.82) is 0 Å². The fourth-order valence-corrected chi connectivity index (χ4v) is 3.42. The molecule has 0 saturated heterocycles. The lowest BCUT2D eigenvalue weighted by atomic mass is 10.0. The fraction of sp³-hybridized carbons (Fsp3) is 0.600. The molecule has 1 rings (SSSR count). The number of benzene rings is 1. The summed E-state index contributed by atoms with van der Waals surface area (Å²) in [5.74, 6) is 0. The van der Waals surface area contributed by atoms with Crippen molar-refractivity contribution in [2.45, 2.75) is 57.0 Å². The van der Waals surface area contributed by atoms with Gasteiger partial charge in [0.15, 0.2) is 0 Å². The Hall–Kier alpha value is -0.910. The third-order valence-corrected chi connectivity index (χ3v) is 4.83. The van der Waals surface area contributed by atoms with E-state index in [0.29, 0.717) is 10.9 Å². The van der Waals surface area contributed by atoms with Crippen molar-refractivity contribution in [1.82, 2.24) is 10.0 Å². The van der Waals surface area contributed by atoms with Gasteiger partial charge in [-0.2, -0.15) is 0 Å². The molecule has 0 aliphatic rings. The highest BCUT2D eigenvalue weighted by Crippen LogP contribution is 2.13. The standard InChI is InChI=1S/C15H26N2O2S/c1-5-6-14(16-4)11-13-7-9-15(10-8-13)20(18,19)17-12(2)3/h7-10,12,14,16-17H,5-6,11H2,1-4H3. The summed E-state index contributed by atoms with van der Waals surface area (Å²) in [6.45, 7) is 5.79. The van der Waals surface area contributed by atoms with E-state index in [0.717, 1.165) is 24.8 Å². The van der Waals surface area contributed by atoms with Crippen molar-refractivity contribution >= 4 is 10.0 Å². The van der Waals surface area contributed by atoms with E-state index in [1.807, 2.05) is 33.0 Å². The van der Waals surface area contributed by atoms with Crippen molar-refractivity contribution in [2.75, 3.05) is 7.05 Å². The van der Waals surface area contributed by atoms with Gasteiger partial charge in [0.05, 0.1) is 4.90 Å². The monoisotopic (exact) mass is 298 g/mol. The highest BCUT2D eigenvalue weighted by atomic mass is 32.2. The molecule has 0 spiro atoms. The Balaban J connectivity index is 2.78. The van der Waals surface area contributed by atoms with Crippen LogP contribution in [0.1, 0.15) is 39.2 Å². The molecule has 0 amide bonds. The van der Waals surface area contributed by atoms with Crippen LogP contribution < -0.4 is 10.0 Å². The van der Waals surface area contributed by atoms with Crippen LogP contribution in [0.15, 0.2) is 29.2 Å². The van der Waals surface area contributed by atoms with Gasteiger partial charge in [-0.05, 0) is 51.4 Å². The molecule has 20 heavy (non-hydrogen) atoms. The Morgan fingerprint density at radius 2 is 1.75 bits per heavy atom. The summed E-state index contributed by atoms with van der Waals surface area (Å²) in [6.07, 6.45) is 3.17. The quantitative estimate of drug-likeness (QED) is 0.774. The van der Waals surface area contributed by atoms with E-state index in [1.165, 1.54) is 0 Å². The van der Waals surface area contributed by atoms with E-state index in [1.54, 1.807) is 12.1 Å². The van der Waals surface area contributed by atoms with E-state index in [4.69, 9.17) is 0 Å². The fourth-order valence-electron chi connectivity index (χ4n) is 2.16. The van der Waals surface area contributed by atoms with Gasteiger partial charge < -0.3 is 5.32 Å². The predicted octanol–water partition coefficient (Wildman–Crippen LogP) is 2.30. The normalized spacial score (nSPS) is 13.7. The molecule has 5 heteroatoms. The first-order chi connectivity index (χ1) is 9.39. The average Bonchev–Trinajstić information content (AvgIpc) is 2.37. The second-order valence-electron chi connectivity index (χ2n) is 5.40. The zero-order valence-electron chi connectivity index (χ0n) is 12.8. The van der Waals surface area contributed by atoms with Crippen molar-refractivity contribution < 1.29 is 8.42 Å². The lowest BCUT2D eigenvalue weighted by Gasteiger charge is -2.15. The van der Waals surface area contributed by atoms with Crippen LogP contribution in [0.3, 0.4) is 0 Å². The minimum atomic E-state index is -3.39. The summed E-state index contributed by atoms with van der Waals surface area (Å²) in [6, 6.07) is 7.50. The number of hydrogen-bond acceptors (Lipinski definition) is 3. The summed E-state index contributed by atoms with van der Waals surface area (Å²) < 4.78 is 26.6. The van der Waals surface area contributed by atoms with Gasteiger partial charge in [0, 0.05) is 12.1 Å². The van der Waals surface area contributed by atoms with Gasteiger partial charge in [-0.15, -0.1) is 0 Å². The smallest absolute Gasteiger partial charge is 0.240 e. The van der Waals surface area contributed by atoms with E-state index in [9.17, 15) is 8.42 Å². The molecule has 1 aromatic rings. The number of hydrogen-bond donors (Lipinski definition) is 2. The minimum Gasteiger partial charge on any atom is -0.317 e. The predicted molar refractivity (Wildman–Crippen MR) is 83.4 cm³/mol. The third-order valence-electron chi connectivity index (χ3n) is 3.15. The Bertz CT molecular complexity index is 495. The second kappa shape index (κ2) is 7.76. The van der Waals surface area contributed by atoms with Crippen LogP contribution in [-0.4, -0.2) is 27.5 Å². The number of likely N-dealkylation sites (N-methyl/N-ethyl adjacent to an activating group) is 1. The van der Waals surface area contributed by atoms with E-state index < -0.39 is 10.0 Å². The Kier molecular flexibility index (Phi) is 6.65. The second-order valence-corrected chi connectivity index (χ2v) is 7.11. The van der Waals surface area contributed by atoms with E-state index >= 15 is 0 Å². The number of sulfonamides is 1. The minimum absolute atomic E-state index is 0.0992. The average molecular weight is 298 g/mol. The molecule has 0 fully saturated rings.